The molecule has 2 aromatic rings. The third kappa shape index (κ3) is 2.31. The van der Waals surface area contributed by atoms with Crippen LogP contribution in [0.4, 0.5) is 0 Å². The number of likely N-dealkylation sites (tertiary alicyclic amines) is 1. The van der Waals surface area contributed by atoms with Crippen molar-refractivity contribution in [1.82, 2.24) is 4.90 Å². The van der Waals surface area contributed by atoms with Gasteiger partial charge in [0.25, 0.3) is 5.91 Å². The molecule has 21 heavy (non-hydrogen) atoms. The summed E-state index contributed by atoms with van der Waals surface area (Å²) in [6.07, 6.45) is 1.09. The number of carboxylic acid groups (broad SMARTS) is 1. The Balaban J connectivity index is 1.83. The molecule has 2 heterocycles. The molecule has 1 fully saturated rings. The van der Waals surface area contributed by atoms with Crippen LogP contribution in [0.3, 0.4) is 0 Å². The van der Waals surface area contributed by atoms with Crippen LogP contribution in [0.2, 0.25) is 0 Å². The molecule has 0 aliphatic carbocycles. The van der Waals surface area contributed by atoms with Gasteiger partial charge in [-0.15, -0.1) is 0 Å². The highest BCUT2D eigenvalue weighted by Crippen LogP contribution is 2.39. The third-order valence-electron chi connectivity index (χ3n) is 3.82. The zero-order valence-corrected chi connectivity index (χ0v) is 11.5. The van der Waals surface area contributed by atoms with Crippen LogP contribution in [0.1, 0.15) is 39.4 Å². The predicted molar refractivity (Wildman–Crippen MR) is 75.1 cm³/mol. The fourth-order valence-corrected chi connectivity index (χ4v) is 2.76. The van der Waals surface area contributed by atoms with Crippen molar-refractivity contribution < 1.29 is 19.1 Å². The zero-order chi connectivity index (χ0) is 15.0. The number of carbonyl (C=O) groups excluding carboxylic acids is 1. The van der Waals surface area contributed by atoms with Crippen LogP contribution in [0.15, 0.2) is 47.1 Å². The van der Waals surface area contributed by atoms with Crippen molar-refractivity contribution in [3.8, 4) is 0 Å². The van der Waals surface area contributed by atoms with E-state index in [-0.39, 0.29) is 23.3 Å². The lowest BCUT2D eigenvalue weighted by Gasteiger charge is -2.46. The maximum Gasteiger partial charge on any atom is 0.338 e. The van der Waals surface area contributed by atoms with Gasteiger partial charge in [0.05, 0.1) is 11.6 Å². The molecule has 3 rings (SSSR count). The highest BCUT2D eigenvalue weighted by molar-refractivity contribution is 5.96. The number of amides is 1. The number of furan rings is 1. The second kappa shape index (κ2) is 5.09. The van der Waals surface area contributed by atoms with Gasteiger partial charge in [0.1, 0.15) is 6.26 Å². The van der Waals surface area contributed by atoms with Crippen molar-refractivity contribution in [1.29, 1.82) is 0 Å². The summed E-state index contributed by atoms with van der Waals surface area (Å²) >= 11 is 0. The van der Waals surface area contributed by atoms with E-state index in [9.17, 15) is 9.59 Å². The molecule has 5 nitrogen and oxygen atoms in total. The van der Waals surface area contributed by atoms with Crippen LogP contribution >= 0.6 is 0 Å². The Morgan fingerprint density at radius 1 is 1.29 bits per heavy atom. The molecule has 0 bridgehead atoms. The van der Waals surface area contributed by atoms with Crippen LogP contribution in [0, 0.1) is 5.92 Å². The monoisotopic (exact) mass is 285 g/mol. The Hall–Kier alpha value is -2.56. The smallest absolute Gasteiger partial charge is 0.338 e. The molecule has 0 radical (unpaired) electrons. The predicted octanol–water partition coefficient (Wildman–Crippen LogP) is 2.81. The van der Waals surface area contributed by atoms with Crippen LogP contribution in [-0.4, -0.2) is 28.4 Å². The van der Waals surface area contributed by atoms with E-state index in [2.05, 4.69) is 6.92 Å². The molecule has 2 atom stereocenters. The number of carboxylic acids is 1. The number of nitrogens with zero attached hydrogens (tertiary/aromatic N) is 1. The standard InChI is InChI=1S/C16H15NO4/c1-10-8-17(14(10)11-5-3-2-4-6-11)15(18)13-7-12(9-21-13)16(19)20/h2-7,9-10,14H,8H2,1H3,(H,19,20). The minimum Gasteiger partial charge on any atom is -0.478 e. The van der Waals surface area contributed by atoms with Crippen molar-refractivity contribution >= 4 is 11.9 Å². The van der Waals surface area contributed by atoms with Gasteiger partial charge in [-0.3, -0.25) is 4.79 Å². The summed E-state index contributed by atoms with van der Waals surface area (Å²) in [5.74, 6) is -0.936. The quantitative estimate of drug-likeness (QED) is 0.941. The summed E-state index contributed by atoms with van der Waals surface area (Å²) in [6, 6.07) is 11.1. The molecular formula is C16H15NO4. The van der Waals surface area contributed by atoms with Crippen LogP contribution in [0.25, 0.3) is 0 Å². The van der Waals surface area contributed by atoms with Crippen molar-refractivity contribution in [2.45, 2.75) is 13.0 Å². The third-order valence-corrected chi connectivity index (χ3v) is 3.82. The lowest BCUT2D eigenvalue weighted by Crippen LogP contribution is -2.51. The number of rotatable bonds is 3. The van der Waals surface area contributed by atoms with Gasteiger partial charge in [-0.1, -0.05) is 37.3 Å². The highest BCUT2D eigenvalue weighted by Gasteiger charge is 2.41. The topological polar surface area (TPSA) is 70.8 Å². The van der Waals surface area contributed by atoms with Crippen molar-refractivity contribution in [2.75, 3.05) is 6.54 Å². The normalized spacial score (nSPS) is 20.9. The van der Waals surface area contributed by atoms with Gasteiger partial charge in [-0.2, -0.15) is 0 Å². The average molecular weight is 285 g/mol. The van der Waals surface area contributed by atoms with E-state index in [1.165, 1.54) is 6.07 Å². The second-order valence-corrected chi connectivity index (χ2v) is 5.30. The van der Waals surface area contributed by atoms with Crippen molar-refractivity contribution in [2.24, 2.45) is 5.92 Å². The first-order chi connectivity index (χ1) is 10.1. The molecule has 1 aromatic heterocycles. The van der Waals surface area contributed by atoms with Gasteiger partial charge in [0.2, 0.25) is 0 Å². The summed E-state index contributed by atoms with van der Waals surface area (Å²) in [7, 11) is 0. The number of aromatic carboxylic acids is 1. The minimum absolute atomic E-state index is 0.0109. The molecule has 108 valence electrons. The Kier molecular flexibility index (Phi) is 3.25. The summed E-state index contributed by atoms with van der Waals surface area (Å²) in [6.45, 7) is 2.73. The fourth-order valence-electron chi connectivity index (χ4n) is 2.76. The first-order valence-electron chi connectivity index (χ1n) is 6.75. The van der Waals surface area contributed by atoms with E-state index in [0.717, 1.165) is 11.8 Å². The number of carbonyl (C=O) groups is 2. The molecule has 5 heteroatoms. The molecule has 1 aromatic carbocycles. The molecule has 1 aliphatic heterocycles. The minimum atomic E-state index is -1.10. The zero-order valence-electron chi connectivity index (χ0n) is 11.5. The Labute approximate surface area is 121 Å². The van der Waals surface area contributed by atoms with Crippen LogP contribution in [0.5, 0.6) is 0 Å². The Morgan fingerprint density at radius 3 is 2.57 bits per heavy atom. The average Bonchev–Trinajstić information content (AvgIpc) is 2.95. The van der Waals surface area contributed by atoms with E-state index in [4.69, 9.17) is 9.52 Å². The van der Waals surface area contributed by atoms with Crippen LogP contribution < -0.4 is 0 Å². The van der Waals surface area contributed by atoms with Crippen molar-refractivity contribution in [3.05, 3.63) is 59.5 Å². The molecular weight excluding hydrogens is 270 g/mol. The summed E-state index contributed by atoms with van der Waals surface area (Å²) in [5, 5.41) is 8.88. The Bertz CT molecular complexity index is 677. The van der Waals surface area contributed by atoms with Gasteiger partial charge in [-0.25, -0.2) is 4.79 Å². The van der Waals surface area contributed by atoms with E-state index < -0.39 is 5.97 Å². The number of hydrogen-bond donors (Lipinski definition) is 1. The van der Waals surface area contributed by atoms with E-state index in [1.54, 1.807) is 4.90 Å². The molecule has 0 spiro atoms. The second-order valence-electron chi connectivity index (χ2n) is 5.30. The molecule has 1 amide bonds. The molecule has 1 aliphatic rings. The Morgan fingerprint density at radius 2 is 2.00 bits per heavy atom. The lowest BCUT2D eigenvalue weighted by molar-refractivity contribution is 0.0169. The first-order valence-corrected chi connectivity index (χ1v) is 6.75. The van der Waals surface area contributed by atoms with Gasteiger partial charge in [-0.05, 0) is 11.5 Å². The largest absolute Gasteiger partial charge is 0.478 e. The van der Waals surface area contributed by atoms with Crippen molar-refractivity contribution in [3.63, 3.8) is 0 Å². The van der Waals surface area contributed by atoms with Crippen LogP contribution in [-0.2, 0) is 0 Å². The van der Waals surface area contributed by atoms with E-state index >= 15 is 0 Å². The summed E-state index contributed by atoms with van der Waals surface area (Å²) in [5.41, 5.74) is 1.07. The van der Waals surface area contributed by atoms with Gasteiger partial charge in [0.15, 0.2) is 5.76 Å². The lowest BCUT2D eigenvalue weighted by atomic mass is 9.84. The number of hydrogen-bond acceptors (Lipinski definition) is 3. The maximum absolute atomic E-state index is 12.4. The van der Waals surface area contributed by atoms with E-state index in [0.29, 0.717) is 12.5 Å². The van der Waals surface area contributed by atoms with Gasteiger partial charge < -0.3 is 14.4 Å². The molecule has 1 saturated heterocycles. The fraction of sp³-hybridized carbons (Fsp3) is 0.250. The molecule has 0 saturated carbocycles. The first kappa shape index (κ1) is 13.4. The summed E-state index contributed by atoms with van der Waals surface area (Å²) < 4.78 is 5.09. The van der Waals surface area contributed by atoms with Gasteiger partial charge in [0, 0.05) is 12.6 Å². The molecule has 1 N–H and O–H groups in total. The van der Waals surface area contributed by atoms with E-state index in [1.807, 2.05) is 30.3 Å². The SMILES string of the molecule is CC1CN(C(=O)c2cc(C(=O)O)co2)C1c1ccccc1. The van der Waals surface area contributed by atoms with Gasteiger partial charge >= 0.3 is 5.97 Å². The molecule has 2 unspecified atom stereocenters. The number of benzene rings is 1. The summed E-state index contributed by atoms with van der Waals surface area (Å²) in [4.78, 5) is 25.0. The highest BCUT2D eigenvalue weighted by atomic mass is 16.4. The maximum atomic E-state index is 12.4.